The van der Waals surface area contributed by atoms with E-state index >= 15 is 0 Å². The summed E-state index contributed by atoms with van der Waals surface area (Å²) >= 11 is 0. The zero-order valence-corrected chi connectivity index (χ0v) is 21.8. The molecular formula is C31H38N2O5. The summed E-state index contributed by atoms with van der Waals surface area (Å²) in [6, 6.07) is 19.0. The Morgan fingerprint density at radius 2 is 1.63 bits per heavy atom. The van der Waals surface area contributed by atoms with Crippen LogP contribution in [0, 0.1) is 11.8 Å². The average Bonchev–Trinajstić information content (AvgIpc) is 3.41. The van der Waals surface area contributed by atoms with E-state index in [1.54, 1.807) is 4.90 Å². The standard InChI is InChI=1S/C31H38N2O5/c34-21-27(19-24-12-5-2-6-13-24)32-29(35)20-25-14-7-8-15-26(18-23-10-3-1-4-11-23)31(37)38-22-28-16-9-17-33(28)30(25)36/h1-8,10-13,25-28,34H,9,14-22H2,(H,32,35)/t25-,26-,27-,28+/m1/s1. The quantitative estimate of drug-likeness (QED) is 0.412. The van der Waals surface area contributed by atoms with Gasteiger partial charge in [0.15, 0.2) is 0 Å². The van der Waals surface area contributed by atoms with E-state index in [0.29, 0.717) is 32.2 Å². The van der Waals surface area contributed by atoms with Gasteiger partial charge < -0.3 is 20.1 Å². The number of nitrogens with zero attached hydrogens (tertiary/aromatic N) is 1. The summed E-state index contributed by atoms with van der Waals surface area (Å²) < 4.78 is 5.73. The molecule has 2 heterocycles. The molecule has 0 unspecified atom stereocenters. The monoisotopic (exact) mass is 518 g/mol. The number of fused-ring (bicyclic) bond motifs is 1. The summed E-state index contributed by atoms with van der Waals surface area (Å²) in [7, 11) is 0. The number of rotatable bonds is 8. The number of cyclic esters (lactones) is 1. The van der Waals surface area contributed by atoms with Crippen molar-refractivity contribution in [2.45, 2.75) is 57.0 Å². The SMILES string of the molecule is O=C(C[C@H]1CC=CC[C@H](Cc2ccccc2)C(=O)OC[C@@H]2CCCN2C1=O)N[C@@H](CO)Cc1ccccc1. The Bertz CT molecular complexity index is 1090. The highest BCUT2D eigenvalue weighted by molar-refractivity contribution is 5.86. The molecule has 0 bridgehead atoms. The first-order valence-corrected chi connectivity index (χ1v) is 13.6. The highest BCUT2D eigenvalue weighted by Gasteiger charge is 2.35. The number of aliphatic hydroxyl groups is 1. The highest BCUT2D eigenvalue weighted by Crippen LogP contribution is 2.25. The summed E-state index contributed by atoms with van der Waals surface area (Å²) in [5.41, 5.74) is 2.10. The van der Waals surface area contributed by atoms with Crippen molar-refractivity contribution in [3.05, 3.63) is 83.9 Å². The third kappa shape index (κ3) is 7.78. The van der Waals surface area contributed by atoms with Crippen LogP contribution in [0.2, 0.25) is 0 Å². The Morgan fingerprint density at radius 3 is 2.32 bits per heavy atom. The van der Waals surface area contributed by atoms with E-state index in [0.717, 1.165) is 24.0 Å². The number of hydrogen-bond donors (Lipinski definition) is 2. The second-order valence-electron chi connectivity index (χ2n) is 10.3. The predicted octanol–water partition coefficient (Wildman–Crippen LogP) is 3.46. The highest BCUT2D eigenvalue weighted by atomic mass is 16.5. The van der Waals surface area contributed by atoms with Crippen LogP contribution in [0.5, 0.6) is 0 Å². The molecule has 1 fully saturated rings. The maximum atomic E-state index is 13.5. The van der Waals surface area contributed by atoms with Crippen LogP contribution in [0.25, 0.3) is 0 Å². The molecule has 1 saturated heterocycles. The Morgan fingerprint density at radius 1 is 0.974 bits per heavy atom. The van der Waals surface area contributed by atoms with Gasteiger partial charge in [0.1, 0.15) is 6.61 Å². The van der Waals surface area contributed by atoms with E-state index in [-0.39, 0.29) is 49.4 Å². The summed E-state index contributed by atoms with van der Waals surface area (Å²) in [6.45, 7) is 0.604. The molecule has 38 heavy (non-hydrogen) atoms. The molecule has 2 N–H and O–H groups in total. The van der Waals surface area contributed by atoms with Crippen LogP contribution in [0.15, 0.2) is 72.8 Å². The van der Waals surface area contributed by atoms with Gasteiger partial charge in [-0.1, -0.05) is 72.8 Å². The number of benzene rings is 2. The number of allylic oxidation sites excluding steroid dienone is 2. The summed E-state index contributed by atoms with van der Waals surface area (Å²) in [5, 5.41) is 12.8. The molecule has 2 aliphatic heterocycles. The van der Waals surface area contributed by atoms with E-state index < -0.39 is 12.0 Å². The molecule has 2 aliphatic rings. The van der Waals surface area contributed by atoms with Gasteiger partial charge in [0.05, 0.1) is 30.5 Å². The van der Waals surface area contributed by atoms with Gasteiger partial charge in [-0.25, -0.2) is 0 Å². The molecule has 4 rings (SSSR count). The Kier molecular flexibility index (Phi) is 10.1. The first-order chi connectivity index (χ1) is 18.5. The second-order valence-corrected chi connectivity index (χ2v) is 10.3. The summed E-state index contributed by atoms with van der Waals surface area (Å²) in [4.78, 5) is 41.3. The molecule has 4 atom stereocenters. The van der Waals surface area contributed by atoms with Crippen LogP contribution in [0.1, 0.15) is 43.2 Å². The fraction of sp³-hybridized carbons (Fsp3) is 0.452. The first kappa shape index (κ1) is 27.6. The zero-order valence-electron chi connectivity index (χ0n) is 21.8. The van der Waals surface area contributed by atoms with Crippen molar-refractivity contribution in [3.8, 4) is 0 Å². The van der Waals surface area contributed by atoms with Crippen molar-refractivity contribution in [3.63, 3.8) is 0 Å². The van der Waals surface area contributed by atoms with Crippen LogP contribution in [-0.4, -0.2) is 59.6 Å². The molecule has 0 radical (unpaired) electrons. The number of ether oxygens (including phenoxy) is 1. The number of carbonyl (C=O) groups excluding carboxylic acids is 3. The fourth-order valence-electron chi connectivity index (χ4n) is 5.35. The number of aliphatic hydroxyl groups excluding tert-OH is 1. The lowest BCUT2D eigenvalue weighted by atomic mass is 9.94. The van der Waals surface area contributed by atoms with Gasteiger partial charge in [-0.3, -0.25) is 14.4 Å². The normalized spacial score (nSPS) is 23.1. The van der Waals surface area contributed by atoms with Crippen molar-refractivity contribution in [1.29, 1.82) is 0 Å². The van der Waals surface area contributed by atoms with Gasteiger partial charge in [-0.05, 0) is 49.7 Å². The number of carbonyl (C=O) groups is 3. The molecule has 0 aromatic heterocycles. The van der Waals surface area contributed by atoms with Crippen molar-refractivity contribution in [2.75, 3.05) is 19.8 Å². The minimum atomic E-state index is -0.509. The van der Waals surface area contributed by atoms with Crippen molar-refractivity contribution < 1.29 is 24.2 Å². The second kappa shape index (κ2) is 13.9. The van der Waals surface area contributed by atoms with Gasteiger partial charge in [0.2, 0.25) is 11.8 Å². The minimum absolute atomic E-state index is 0.0465. The van der Waals surface area contributed by atoms with Crippen LogP contribution < -0.4 is 5.32 Å². The molecule has 7 nitrogen and oxygen atoms in total. The molecule has 2 aromatic carbocycles. The largest absolute Gasteiger partial charge is 0.463 e. The number of nitrogens with one attached hydrogen (secondary N) is 1. The Hall–Kier alpha value is -3.45. The van der Waals surface area contributed by atoms with E-state index in [4.69, 9.17) is 4.74 Å². The minimum Gasteiger partial charge on any atom is -0.463 e. The molecule has 202 valence electrons. The molecule has 0 aliphatic carbocycles. The zero-order chi connectivity index (χ0) is 26.7. The fourth-order valence-corrected chi connectivity index (χ4v) is 5.35. The van der Waals surface area contributed by atoms with Gasteiger partial charge in [-0.15, -0.1) is 0 Å². The van der Waals surface area contributed by atoms with Crippen LogP contribution in [-0.2, 0) is 32.0 Å². The lowest BCUT2D eigenvalue weighted by Gasteiger charge is -2.29. The van der Waals surface area contributed by atoms with Crippen LogP contribution in [0.4, 0.5) is 0 Å². The van der Waals surface area contributed by atoms with Crippen molar-refractivity contribution in [2.24, 2.45) is 11.8 Å². The number of hydrogen-bond acceptors (Lipinski definition) is 5. The topological polar surface area (TPSA) is 95.9 Å². The maximum absolute atomic E-state index is 13.5. The van der Waals surface area contributed by atoms with Crippen molar-refractivity contribution >= 4 is 17.8 Å². The third-order valence-electron chi connectivity index (χ3n) is 7.44. The maximum Gasteiger partial charge on any atom is 0.309 e. The molecule has 2 aromatic rings. The smallest absolute Gasteiger partial charge is 0.309 e. The third-order valence-corrected chi connectivity index (χ3v) is 7.44. The Labute approximate surface area is 224 Å². The van der Waals surface area contributed by atoms with E-state index in [9.17, 15) is 19.5 Å². The van der Waals surface area contributed by atoms with Gasteiger partial charge in [0.25, 0.3) is 0 Å². The van der Waals surface area contributed by atoms with Crippen molar-refractivity contribution in [1.82, 2.24) is 10.2 Å². The number of esters is 1. The predicted molar refractivity (Wildman–Crippen MR) is 145 cm³/mol. The molecule has 0 saturated carbocycles. The lowest BCUT2D eigenvalue weighted by molar-refractivity contribution is -0.152. The first-order valence-electron chi connectivity index (χ1n) is 13.6. The van der Waals surface area contributed by atoms with Gasteiger partial charge >= 0.3 is 5.97 Å². The van der Waals surface area contributed by atoms with Gasteiger partial charge in [-0.2, -0.15) is 0 Å². The van der Waals surface area contributed by atoms with Gasteiger partial charge in [0, 0.05) is 13.0 Å². The van der Waals surface area contributed by atoms with Crippen LogP contribution >= 0.6 is 0 Å². The average molecular weight is 519 g/mol. The Balaban J connectivity index is 1.44. The molecule has 2 amide bonds. The summed E-state index contributed by atoms with van der Waals surface area (Å²) in [6.07, 6.45) is 7.57. The molecule has 0 spiro atoms. The lowest BCUT2D eigenvalue weighted by Crippen LogP contribution is -2.45. The van der Waals surface area contributed by atoms with E-state index in [1.165, 1.54) is 0 Å². The van der Waals surface area contributed by atoms with E-state index in [2.05, 4.69) is 5.32 Å². The number of amides is 2. The van der Waals surface area contributed by atoms with E-state index in [1.807, 2.05) is 72.8 Å². The molecule has 7 heteroatoms. The molecular weight excluding hydrogens is 480 g/mol. The summed E-state index contributed by atoms with van der Waals surface area (Å²) in [5.74, 6) is -1.37. The van der Waals surface area contributed by atoms with Crippen LogP contribution in [0.3, 0.4) is 0 Å².